The fourth-order valence-corrected chi connectivity index (χ4v) is 1.95. The fraction of sp³-hybridized carbons (Fsp3) is 0.294. The van der Waals surface area contributed by atoms with Crippen molar-refractivity contribution in [3.63, 3.8) is 0 Å². The van der Waals surface area contributed by atoms with Crippen LogP contribution < -0.4 is 0 Å². The molecular formula is C17H22. The van der Waals surface area contributed by atoms with Crippen LogP contribution in [0.4, 0.5) is 0 Å². The molecule has 0 N–H and O–H groups in total. The van der Waals surface area contributed by atoms with Crippen molar-refractivity contribution < 1.29 is 0 Å². The Bertz CT molecular complexity index is 396. The van der Waals surface area contributed by atoms with Crippen LogP contribution in [0.25, 0.3) is 0 Å². The van der Waals surface area contributed by atoms with Crippen molar-refractivity contribution in [1.82, 2.24) is 0 Å². The molecule has 0 fully saturated rings. The Morgan fingerprint density at radius 3 is 2.59 bits per heavy atom. The minimum absolute atomic E-state index is 0.953. The highest BCUT2D eigenvalue weighted by Crippen LogP contribution is 2.16. The standard InChI is InChI=1S/C17H22/c1-4-6-7-11-16-12-8-9-13-17(16)14-15(3)10-5-2/h4-5,8-10,12-13H,1,3,6-7,11,14H2,2H3/b10-5-. The molecule has 17 heavy (non-hydrogen) atoms. The highest BCUT2D eigenvalue weighted by atomic mass is 14.1. The summed E-state index contributed by atoms with van der Waals surface area (Å²) in [5, 5.41) is 0. The topological polar surface area (TPSA) is 0 Å². The summed E-state index contributed by atoms with van der Waals surface area (Å²) in [6, 6.07) is 8.65. The third-order valence-electron chi connectivity index (χ3n) is 2.79. The van der Waals surface area contributed by atoms with Crippen LogP contribution in [0.3, 0.4) is 0 Å². The van der Waals surface area contributed by atoms with E-state index < -0.39 is 0 Å². The van der Waals surface area contributed by atoms with E-state index in [4.69, 9.17) is 0 Å². The van der Waals surface area contributed by atoms with Crippen molar-refractivity contribution in [3.8, 4) is 0 Å². The second kappa shape index (κ2) is 7.67. The first-order valence-corrected chi connectivity index (χ1v) is 6.26. The molecule has 0 aliphatic carbocycles. The lowest BCUT2D eigenvalue weighted by molar-refractivity contribution is 0.834. The Balaban J connectivity index is 2.69. The van der Waals surface area contributed by atoms with Crippen LogP contribution in [-0.2, 0) is 12.8 Å². The van der Waals surface area contributed by atoms with E-state index in [1.165, 1.54) is 23.1 Å². The summed E-state index contributed by atoms with van der Waals surface area (Å²) in [5.74, 6) is 0. The van der Waals surface area contributed by atoms with Crippen molar-refractivity contribution in [2.45, 2.75) is 32.6 Å². The zero-order valence-corrected chi connectivity index (χ0v) is 10.8. The molecule has 0 heteroatoms. The summed E-state index contributed by atoms with van der Waals surface area (Å²) in [7, 11) is 0. The minimum atomic E-state index is 0.953. The first-order valence-electron chi connectivity index (χ1n) is 6.26. The van der Waals surface area contributed by atoms with E-state index in [0.717, 1.165) is 19.3 Å². The largest absolute Gasteiger partial charge is 0.103 e. The maximum absolute atomic E-state index is 4.07. The number of rotatable bonds is 7. The number of benzene rings is 1. The molecule has 0 heterocycles. The van der Waals surface area contributed by atoms with Crippen LogP contribution >= 0.6 is 0 Å². The van der Waals surface area contributed by atoms with Crippen LogP contribution in [0.2, 0.25) is 0 Å². The summed E-state index contributed by atoms with van der Waals surface area (Å²) in [6.07, 6.45) is 10.5. The van der Waals surface area contributed by atoms with Crippen LogP contribution in [0.15, 0.2) is 61.2 Å². The lowest BCUT2D eigenvalue weighted by Gasteiger charge is -2.09. The lowest BCUT2D eigenvalue weighted by atomic mass is 9.97. The molecule has 0 unspecified atom stereocenters. The third kappa shape index (κ3) is 4.86. The maximum Gasteiger partial charge on any atom is -0.00290 e. The van der Waals surface area contributed by atoms with Crippen molar-refractivity contribution in [3.05, 3.63) is 72.4 Å². The van der Waals surface area contributed by atoms with E-state index in [1.54, 1.807) is 0 Å². The van der Waals surface area contributed by atoms with E-state index in [1.807, 2.05) is 19.1 Å². The Morgan fingerprint density at radius 1 is 1.24 bits per heavy atom. The van der Waals surface area contributed by atoms with Gasteiger partial charge in [0, 0.05) is 0 Å². The number of hydrogen-bond donors (Lipinski definition) is 0. The molecule has 0 aliphatic rings. The summed E-state index contributed by atoms with van der Waals surface area (Å²) >= 11 is 0. The van der Waals surface area contributed by atoms with Crippen LogP contribution in [0.5, 0.6) is 0 Å². The Morgan fingerprint density at radius 2 is 1.94 bits per heavy atom. The van der Waals surface area contributed by atoms with E-state index in [0.29, 0.717) is 0 Å². The molecule has 0 aromatic heterocycles. The van der Waals surface area contributed by atoms with Crippen molar-refractivity contribution >= 4 is 0 Å². The molecular weight excluding hydrogens is 204 g/mol. The zero-order valence-electron chi connectivity index (χ0n) is 10.8. The molecule has 0 bridgehead atoms. The van der Waals surface area contributed by atoms with E-state index in [9.17, 15) is 0 Å². The smallest absolute Gasteiger partial charge is 0.00290 e. The van der Waals surface area contributed by atoms with Gasteiger partial charge >= 0.3 is 0 Å². The predicted octanol–water partition coefficient (Wildman–Crippen LogP) is 4.87. The predicted molar refractivity (Wildman–Crippen MR) is 77.2 cm³/mol. The Kier molecular flexibility index (Phi) is 6.09. The van der Waals surface area contributed by atoms with Gasteiger partial charge in [0.15, 0.2) is 0 Å². The molecule has 0 saturated carbocycles. The second-order valence-electron chi connectivity index (χ2n) is 4.28. The molecule has 0 saturated heterocycles. The first-order chi connectivity index (χ1) is 8.27. The summed E-state index contributed by atoms with van der Waals surface area (Å²) in [6.45, 7) is 9.87. The normalized spacial score (nSPS) is 10.6. The molecule has 1 rings (SSSR count). The van der Waals surface area contributed by atoms with Gasteiger partial charge in [-0.15, -0.1) is 6.58 Å². The molecule has 0 radical (unpaired) electrons. The molecule has 0 aliphatic heterocycles. The zero-order chi connectivity index (χ0) is 12.5. The van der Waals surface area contributed by atoms with Gasteiger partial charge in [0.25, 0.3) is 0 Å². The average Bonchev–Trinajstić information content (AvgIpc) is 2.32. The average molecular weight is 226 g/mol. The number of unbranched alkanes of at least 4 members (excludes halogenated alkanes) is 1. The molecule has 90 valence electrons. The van der Waals surface area contributed by atoms with Gasteiger partial charge in [-0.05, 0) is 43.7 Å². The highest BCUT2D eigenvalue weighted by molar-refractivity contribution is 5.33. The first kappa shape index (κ1) is 13.5. The maximum atomic E-state index is 4.07. The van der Waals surface area contributed by atoms with Crippen molar-refractivity contribution in [2.24, 2.45) is 0 Å². The number of aryl methyl sites for hydroxylation is 1. The monoisotopic (exact) mass is 226 g/mol. The van der Waals surface area contributed by atoms with Gasteiger partial charge in [0.1, 0.15) is 0 Å². The van der Waals surface area contributed by atoms with Gasteiger partial charge in [-0.3, -0.25) is 0 Å². The lowest BCUT2D eigenvalue weighted by Crippen LogP contribution is -1.95. The van der Waals surface area contributed by atoms with Gasteiger partial charge < -0.3 is 0 Å². The Labute approximate surface area is 105 Å². The molecule has 1 aromatic rings. The van der Waals surface area contributed by atoms with Gasteiger partial charge in [-0.1, -0.05) is 54.6 Å². The van der Waals surface area contributed by atoms with Crippen LogP contribution in [-0.4, -0.2) is 0 Å². The van der Waals surface area contributed by atoms with Gasteiger partial charge in [-0.25, -0.2) is 0 Å². The second-order valence-corrected chi connectivity index (χ2v) is 4.28. The molecule has 0 amide bonds. The number of allylic oxidation sites excluding steroid dienone is 4. The van der Waals surface area contributed by atoms with Crippen molar-refractivity contribution in [2.75, 3.05) is 0 Å². The fourth-order valence-electron chi connectivity index (χ4n) is 1.95. The van der Waals surface area contributed by atoms with Crippen LogP contribution in [0.1, 0.15) is 30.9 Å². The van der Waals surface area contributed by atoms with E-state index in [-0.39, 0.29) is 0 Å². The van der Waals surface area contributed by atoms with Gasteiger partial charge in [-0.2, -0.15) is 0 Å². The summed E-state index contributed by atoms with van der Waals surface area (Å²) in [4.78, 5) is 0. The van der Waals surface area contributed by atoms with E-state index >= 15 is 0 Å². The minimum Gasteiger partial charge on any atom is -0.103 e. The molecule has 0 spiro atoms. The van der Waals surface area contributed by atoms with Crippen LogP contribution in [0, 0.1) is 0 Å². The molecule has 1 aromatic carbocycles. The number of hydrogen-bond acceptors (Lipinski definition) is 0. The molecule has 0 nitrogen and oxygen atoms in total. The van der Waals surface area contributed by atoms with Gasteiger partial charge in [0.05, 0.1) is 0 Å². The third-order valence-corrected chi connectivity index (χ3v) is 2.79. The summed E-state index contributed by atoms with van der Waals surface area (Å²) in [5.41, 5.74) is 4.02. The van der Waals surface area contributed by atoms with Crippen molar-refractivity contribution in [1.29, 1.82) is 0 Å². The quantitative estimate of drug-likeness (QED) is 0.353. The highest BCUT2D eigenvalue weighted by Gasteiger charge is 2.01. The van der Waals surface area contributed by atoms with Gasteiger partial charge in [0.2, 0.25) is 0 Å². The SMILES string of the molecule is C=CCCCc1ccccc1CC(=C)/C=C\C. The summed E-state index contributed by atoms with van der Waals surface area (Å²) < 4.78 is 0. The molecule has 0 atom stereocenters. The van der Waals surface area contributed by atoms with E-state index in [2.05, 4.69) is 43.5 Å². The Hall–Kier alpha value is -1.56.